The lowest BCUT2D eigenvalue weighted by Gasteiger charge is -2.12. The Labute approximate surface area is 98.8 Å². The molecule has 0 saturated carbocycles. The highest BCUT2D eigenvalue weighted by Crippen LogP contribution is 2.16. The first-order chi connectivity index (χ1) is 7.42. The van der Waals surface area contributed by atoms with E-state index in [0.29, 0.717) is 19.6 Å². The fourth-order valence-electron chi connectivity index (χ4n) is 0.773. The van der Waals surface area contributed by atoms with Crippen molar-refractivity contribution in [2.75, 3.05) is 13.2 Å². The normalized spacial score (nSPS) is 9.75. The van der Waals surface area contributed by atoms with Crippen LogP contribution in [0.25, 0.3) is 0 Å². The topological polar surface area (TPSA) is 26.3 Å². The molecule has 16 heavy (non-hydrogen) atoms. The Balaban J connectivity index is 3.59. The maximum atomic E-state index is 10.6. The predicted octanol–water partition coefficient (Wildman–Crippen LogP) is 2.43. The van der Waals surface area contributed by atoms with E-state index in [1.807, 2.05) is 0 Å². The molecule has 0 radical (unpaired) electrons. The summed E-state index contributed by atoms with van der Waals surface area (Å²) in [7, 11) is 0. The maximum Gasteiger partial charge on any atom is 0.132 e. The number of ether oxygens (including phenoxy) is 1. The van der Waals surface area contributed by atoms with E-state index >= 15 is 0 Å². The molecule has 88 valence electrons. The zero-order valence-electron chi connectivity index (χ0n) is 10.6. The van der Waals surface area contributed by atoms with Gasteiger partial charge in [-0.15, -0.1) is 0 Å². The molecule has 0 N–H and O–H groups in total. The lowest BCUT2D eigenvalue weighted by atomic mass is 9.93. The maximum absolute atomic E-state index is 10.6. The van der Waals surface area contributed by atoms with Crippen molar-refractivity contribution in [1.29, 1.82) is 0 Å². The van der Waals surface area contributed by atoms with Crippen molar-refractivity contribution in [1.82, 2.24) is 0 Å². The Morgan fingerprint density at radius 1 is 1.19 bits per heavy atom. The van der Waals surface area contributed by atoms with Gasteiger partial charge in [0.2, 0.25) is 0 Å². The Morgan fingerprint density at radius 3 is 2.38 bits per heavy atom. The van der Waals surface area contributed by atoms with Crippen molar-refractivity contribution in [3.05, 3.63) is 0 Å². The van der Waals surface area contributed by atoms with Crippen molar-refractivity contribution in [2.45, 2.75) is 40.5 Å². The summed E-state index contributed by atoms with van der Waals surface area (Å²) in [5.74, 6) is 11.4. The second-order valence-corrected chi connectivity index (χ2v) is 4.85. The first-order valence-electron chi connectivity index (χ1n) is 5.45. The van der Waals surface area contributed by atoms with Gasteiger partial charge in [-0.25, -0.2) is 0 Å². The van der Waals surface area contributed by atoms with E-state index in [9.17, 15) is 4.79 Å². The van der Waals surface area contributed by atoms with Gasteiger partial charge in [-0.2, -0.15) is 0 Å². The fourth-order valence-corrected chi connectivity index (χ4v) is 0.773. The van der Waals surface area contributed by atoms with E-state index in [4.69, 9.17) is 4.74 Å². The molecule has 0 heterocycles. The molecule has 0 aromatic carbocycles. The van der Waals surface area contributed by atoms with Crippen LogP contribution >= 0.6 is 0 Å². The molecule has 0 aliphatic rings. The monoisotopic (exact) mass is 220 g/mol. The number of ketones is 1. The molecule has 0 bridgehead atoms. The second-order valence-electron chi connectivity index (χ2n) is 4.85. The fraction of sp³-hybridized carbons (Fsp3) is 0.643. The third-order valence-electron chi connectivity index (χ3n) is 1.63. The Morgan fingerprint density at radius 2 is 1.81 bits per heavy atom. The molecule has 0 fully saturated rings. The molecular formula is C14H20O2. The van der Waals surface area contributed by atoms with Crippen LogP contribution in [0.4, 0.5) is 0 Å². The summed E-state index contributed by atoms with van der Waals surface area (Å²) in [5, 5.41) is 0. The molecule has 0 aromatic heterocycles. The van der Waals surface area contributed by atoms with Crippen LogP contribution in [0.5, 0.6) is 0 Å². The molecule has 2 nitrogen and oxygen atoms in total. The summed E-state index contributed by atoms with van der Waals surface area (Å²) in [6.45, 7) is 8.75. The van der Waals surface area contributed by atoms with Gasteiger partial charge >= 0.3 is 0 Å². The average molecular weight is 220 g/mol. The number of carbonyl (C=O) groups excluding carboxylic acids is 1. The van der Waals surface area contributed by atoms with Crippen LogP contribution in [0.3, 0.4) is 0 Å². The van der Waals surface area contributed by atoms with Crippen LogP contribution in [0.1, 0.15) is 40.5 Å². The zero-order valence-corrected chi connectivity index (χ0v) is 10.6. The second kappa shape index (κ2) is 7.97. The highest BCUT2D eigenvalue weighted by molar-refractivity contribution is 5.75. The summed E-state index contributed by atoms with van der Waals surface area (Å²) in [6.07, 6.45) is 1.30. The van der Waals surface area contributed by atoms with Crippen LogP contribution in [0, 0.1) is 29.1 Å². The highest BCUT2D eigenvalue weighted by atomic mass is 16.5. The lowest BCUT2D eigenvalue weighted by Crippen LogP contribution is -2.01. The van der Waals surface area contributed by atoms with Gasteiger partial charge in [0.05, 0.1) is 6.61 Å². The number of hydrogen-bond acceptors (Lipinski definition) is 2. The summed E-state index contributed by atoms with van der Waals surface area (Å²) in [4.78, 5) is 10.6. The third-order valence-corrected chi connectivity index (χ3v) is 1.63. The van der Waals surface area contributed by atoms with Crippen molar-refractivity contribution < 1.29 is 9.53 Å². The molecule has 0 rings (SSSR count). The quantitative estimate of drug-likeness (QED) is 0.537. The van der Waals surface area contributed by atoms with E-state index in [0.717, 1.165) is 6.42 Å². The van der Waals surface area contributed by atoms with Gasteiger partial charge in [-0.1, -0.05) is 32.6 Å². The number of Topliss-reactive ketones (excluding diaryl/α,β-unsaturated/α-hetero) is 1. The SMILES string of the molecule is CC(=O)CCOCC#CC#CCC(C)(C)C. The Bertz CT molecular complexity index is 326. The van der Waals surface area contributed by atoms with Gasteiger partial charge in [-0.3, -0.25) is 4.79 Å². The molecule has 0 aromatic rings. The van der Waals surface area contributed by atoms with Crippen LogP contribution in [-0.2, 0) is 9.53 Å². The Kier molecular flexibility index (Phi) is 7.34. The zero-order chi connectivity index (χ0) is 12.4. The predicted molar refractivity (Wildman–Crippen MR) is 65.7 cm³/mol. The molecule has 2 heteroatoms. The van der Waals surface area contributed by atoms with Gasteiger partial charge in [0.15, 0.2) is 0 Å². The van der Waals surface area contributed by atoms with Crippen molar-refractivity contribution >= 4 is 5.78 Å². The third kappa shape index (κ3) is 12.8. The van der Waals surface area contributed by atoms with Gasteiger partial charge in [-0.05, 0) is 24.2 Å². The number of hydrogen-bond donors (Lipinski definition) is 0. The molecule has 0 atom stereocenters. The minimum atomic E-state index is 0.137. The largest absolute Gasteiger partial charge is 0.368 e. The molecule has 0 spiro atoms. The molecule has 0 aliphatic heterocycles. The number of carbonyl (C=O) groups is 1. The molecule has 0 unspecified atom stereocenters. The molecule has 0 saturated heterocycles. The summed E-state index contributed by atoms with van der Waals surface area (Å²) in [6, 6.07) is 0. The van der Waals surface area contributed by atoms with Gasteiger partial charge in [0.25, 0.3) is 0 Å². The van der Waals surface area contributed by atoms with Crippen LogP contribution in [0.15, 0.2) is 0 Å². The van der Waals surface area contributed by atoms with Gasteiger partial charge < -0.3 is 4.74 Å². The first kappa shape index (κ1) is 14.8. The lowest BCUT2D eigenvalue weighted by molar-refractivity contribution is -0.117. The van der Waals surface area contributed by atoms with Crippen molar-refractivity contribution in [3.63, 3.8) is 0 Å². The standard InChI is InChI=1S/C14H20O2/c1-13(15)9-12-16-11-8-6-5-7-10-14(2,3)4/h9-12H2,1-4H3. The van der Waals surface area contributed by atoms with Crippen LogP contribution in [-0.4, -0.2) is 19.0 Å². The molecule has 0 aliphatic carbocycles. The minimum absolute atomic E-state index is 0.137. The Hall–Kier alpha value is -1.25. The first-order valence-corrected chi connectivity index (χ1v) is 5.45. The average Bonchev–Trinajstić information content (AvgIpc) is 2.13. The van der Waals surface area contributed by atoms with E-state index in [-0.39, 0.29) is 11.2 Å². The smallest absolute Gasteiger partial charge is 0.132 e. The minimum Gasteiger partial charge on any atom is -0.368 e. The van der Waals surface area contributed by atoms with Crippen LogP contribution in [0.2, 0.25) is 0 Å². The number of rotatable bonds is 4. The highest BCUT2D eigenvalue weighted by Gasteiger charge is 2.06. The summed E-state index contributed by atoms with van der Waals surface area (Å²) in [5.41, 5.74) is 0.229. The van der Waals surface area contributed by atoms with E-state index < -0.39 is 0 Å². The molecule has 0 amide bonds. The summed E-state index contributed by atoms with van der Waals surface area (Å²) >= 11 is 0. The van der Waals surface area contributed by atoms with Gasteiger partial charge in [0.1, 0.15) is 12.4 Å². The van der Waals surface area contributed by atoms with E-state index in [2.05, 4.69) is 44.5 Å². The summed E-state index contributed by atoms with van der Waals surface area (Å²) < 4.78 is 5.13. The van der Waals surface area contributed by atoms with Crippen LogP contribution < -0.4 is 0 Å². The van der Waals surface area contributed by atoms with Crippen molar-refractivity contribution in [3.8, 4) is 23.7 Å². The molecular weight excluding hydrogens is 200 g/mol. The van der Waals surface area contributed by atoms with Gasteiger partial charge in [0, 0.05) is 12.8 Å². The van der Waals surface area contributed by atoms with E-state index in [1.165, 1.54) is 0 Å². The van der Waals surface area contributed by atoms with E-state index in [1.54, 1.807) is 6.92 Å². The van der Waals surface area contributed by atoms with Crippen molar-refractivity contribution in [2.24, 2.45) is 5.41 Å².